The summed E-state index contributed by atoms with van der Waals surface area (Å²) >= 11 is 1.51. The van der Waals surface area contributed by atoms with Crippen LogP contribution in [-0.4, -0.2) is 27.9 Å². The number of ether oxygens (including phenoxy) is 1. The number of hydrogen-bond donors (Lipinski definition) is 0. The first kappa shape index (κ1) is 16.5. The highest BCUT2D eigenvalue weighted by atomic mass is 32.2. The van der Waals surface area contributed by atoms with E-state index in [1.807, 2.05) is 12.5 Å². The molecule has 0 spiro atoms. The molecule has 0 N–H and O–H groups in total. The summed E-state index contributed by atoms with van der Waals surface area (Å²) in [4.78, 5) is 21.0. The van der Waals surface area contributed by atoms with Crippen molar-refractivity contribution in [2.45, 2.75) is 31.3 Å². The van der Waals surface area contributed by atoms with E-state index in [4.69, 9.17) is 4.74 Å². The van der Waals surface area contributed by atoms with Crippen LogP contribution in [0, 0.1) is 0 Å². The van der Waals surface area contributed by atoms with Gasteiger partial charge in [-0.2, -0.15) is 0 Å². The third kappa shape index (κ3) is 3.50. The van der Waals surface area contributed by atoms with Gasteiger partial charge in [0.1, 0.15) is 0 Å². The van der Waals surface area contributed by atoms with E-state index in [1.54, 1.807) is 19.3 Å². The summed E-state index contributed by atoms with van der Waals surface area (Å²) in [7, 11) is 3.22. The van der Waals surface area contributed by atoms with Crippen molar-refractivity contribution in [2.75, 3.05) is 13.4 Å². The van der Waals surface area contributed by atoms with Crippen LogP contribution in [0.2, 0.25) is 0 Å². The fraction of sp³-hybridized carbons (Fsp3) is 0.438. The Morgan fingerprint density at radius 3 is 2.82 bits per heavy atom. The molecule has 0 aliphatic carbocycles. The van der Waals surface area contributed by atoms with Crippen LogP contribution in [-0.2, 0) is 13.5 Å². The molecule has 0 amide bonds. The van der Waals surface area contributed by atoms with Gasteiger partial charge in [-0.25, -0.2) is 9.97 Å². The van der Waals surface area contributed by atoms with E-state index in [0.717, 1.165) is 41.2 Å². The minimum Gasteiger partial charge on any atom is -0.491 e. The SMILES string of the molecule is CCCCc1cnc(SC)nc1-c1cc(OC)c(=O)n(C)c1. The lowest BCUT2D eigenvalue weighted by atomic mass is 10.0. The second-order valence-electron chi connectivity index (χ2n) is 5.05. The molecule has 0 aliphatic heterocycles. The molecule has 0 aliphatic rings. The molecule has 2 heterocycles. The predicted octanol–water partition coefficient (Wildman–Crippen LogP) is 2.92. The molecule has 0 unspecified atom stereocenters. The Labute approximate surface area is 134 Å². The van der Waals surface area contributed by atoms with E-state index >= 15 is 0 Å². The maximum Gasteiger partial charge on any atom is 0.292 e. The van der Waals surface area contributed by atoms with Gasteiger partial charge in [0.15, 0.2) is 10.9 Å². The highest BCUT2D eigenvalue weighted by molar-refractivity contribution is 7.98. The summed E-state index contributed by atoms with van der Waals surface area (Å²) in [5.74, 6) is 0.325. The number of pyridine rings is 1. The van der Waals surface area contributed by atoms with Crippen LogP contribution in [0.1, 0.15) is 25.3 Å². The van der Waals surface area contributed by atoms with E-state index in [2.05, 4.69) is 16.9 Å². The van der Waals surface area contributed by atoms with E-state index < -0.39 is 0 Å². The van der Waals surface area contributed by atoms with Crippen molar-refractivity contribution >= 4 is 11.8 Å². The van der Waals surface area contributed by atoms with Gasteiger partial charge in [0.2, 0.25) is 0 Å². The number of nitrogens with zero attached hydrogens (tertiary/aromatic N) is 3. The van der Waals surface area contributed by atoms with Gasteiger partial charge < -0.3 is 9.30 Å². The average Bonchev–Trinajstić information content (AvgIpc) is 2.55. The molecule has 0 saturated heterocycles. The van der Waals surface area contributed by atoms with Gasteiger partial charge in [0, 0.05) is 25.0 Å². The fourth-order valence-corrected chi connectivity index (χ4v) is 2.59. The van der Waals surface area contributed by atoms with Crippen molar-refractivity contribution in [3.8, 4) is 17.0 Å². The molecule has 0 saturated carbocycles. The van der Waals surface area contributed by atoms with Crippen molar-refractivity contribution in [3.63, 3.8) is 0 Å². The van der Waals surface area contributed by atoms with E-state index in [9.17, 15) is 4.79 Å². The molecule has 0 fully saturated rings. The summed E-state index contributed by atoms with van der Waals surface area (Å²) in [6.07, 6.45) is 8.75. The van der Waals surface area contributed by atoms with Gasteiger partial charge in [-0.15, -0.1) is 0 Å². The number of methoxy groups -OCH3 is 1. The maximum absolute atomic E-state index is 12.0. The van der Waals surface area contributed by atoms with Crippen LogP contribution in [0.15, 0.2) is 28.4 Å². The zero-order valence-corrected chi connectivity index (χ0v) is 14.2. The Bertz CT molecular complexity index is 713. The predicted molar refractivity (Wildman–Crippen MR) is 89.7 cm³/mol. The summed E-state index contributed by atoms with van der Waals surface area (Å²) in [5.41, 5.74) is 2.70. The summed E-state index contributed by atoms with van der Waals surface area (Å²) in [5, 5.41) is 0.725. The van der Waals surface area contributed by atoms with Gasteiger partial charge in [0.05, 0.1) is 12.8 Å². The quantitative estimate of drug-likeness (QED) is 0.605. The van der Waals surface area contributed by atoms with Crippen molar-refractivity contribution in [1.82, 2.24) is 14.5 Å². The molecule has 22 heavy (non-hydrogen) atoms. The molecular weight excluding hydrogens is 298 g/mol. The van der Waals surface area contributed by atoms with Crippen LogP contribution < -0.4 is 10.3 Å². The maximum atomic E-state index is 12.0. The Morgan fingerprint density at radius 2 is 2.18 bits per heavy atom. The molecular formula is C16H21N3O2S. The van der Waals surface area contributed by atoms with Crippen molar-refractivity contribution in [3.05, 3.63) is 34.4 Å². The lowest BCUT2D eigenvalue weighted by Crippen LogP contribution is -2.18. The van der Waals surface area contributed by atoms with Crippen LogP contribution in [0.25, 0.3) is 11.3 Å². The van der Waals surface area contributed by atoms with Crippen molar-refractivity contribution < 1.29 is 4.74 Å². The first-order valence-electron chi connectivity index (χ1n) is 7.25. The Kier molecular flexibility index (Phi) is 5.60. The zero-order valence-electron chi connectivity index (χ0n) is 13.4. The minimum atomic E-state index is -0.152. The van der Waals surface area contributed by atoms with Crippen molar-refractivity contribution in [2.24, 2.45) is 7.05 Å². The number of hydrogen-bond acceptors (Lipinski definition) is 5. The molecule has 0 atom stereocenters. The molecule has 118 valence electrons. The van der Waals surface area contributed by atoms with Crippen molar-refractivity contribution in [1.29, 1.82) is 0 Å². The molecule has 0 bridgehead atoms. The van der Waals surface area contributed by atoms with Gasteiger partial charge in [0.25, 0.3) is 5.56 Å². The molecule has 6 heteroatoms. The van der Waals surface area contributed by atoms with E-state index in [-0.39, 0.29) is 5.56 Å². The summed E-state index contributed by atoms with van der Waals surface area (Å²) in [6, 6.07) is 1.75. The third-order valence-electron chi connectivity index (χ3n) is 3.47. The Balaban J connectivity index is 2.58. The van der Waals surface area contributed by atoms with E-state index in [1.165, 1.54) is 23.4 Å². The van der Waals surface area contributed by atoms with Gasteiger partial charge >= 0.3 is 0 Å². The van der Waals surface area contributed by atoms with E-state index in [0.29, 0.717) is 5.75 Å². The largest absolute Gasteiger partial charge is 0.491 e. The number of rotatable bonds is 6. The normalized spacial score (nSPS) is 10.7. The number of thioether (sulfide) groups is 1. The van der Waals surface area contributed by atoms with Gasteiger partial charge in [-0.3, -0.25) is 4.79 Å². The Morgan fingerprint density at radius 1 is 1.41 bits per heavy atom. The molecule has 0 aromatic carbocycles. The zero-order chi connectivity index (χ0) is 16.1. The second-order valence-corrected chi connectivity index (χ2v) is 5.82. The lowest BCUT2D eigenvalue weighted by Gasteiger charge is -2.12. The third-order valence-corrected chi connectivity index (χ3v) is 4.03. The number of aryl methyl sites for hydroxylation is 2. The van der Waals surface area contributed by atoms with Gasteiger partial charge in [-0.05, 0) is 30.7 Å². The van der Waals surface area contributed by atoms with Gasteiger partial charge in [-0.1, -0.05) is 25.1 Å². The molecule has 2 aromatic heterocycles. The number of aromatic nitrogens is 3. The standard InChI is InChI=1S/C16H21N3O2S/c1-5-6-7-11-9-17-16(22-4)18-14(11)12-8-13(21-3)15(20)19(2)10-12/h8-10H,5-7H2,1-4H3. The fourth-order valence-electron chi connectivity index (χ4n) is 2.25. The van der Waals surface area contributed by atoms with Crippen LogP contribution in [0.3, 0.4) is 0 Å². The first-order valence-corrected chi connectivity index (χ1v) is 8.48. The average molecular weight is 319 g/mol. The summed E-state index contributed by atoms with van der Waals surface area (Å²) < 4.78 is 6.71. The second kappa shape index (κ2) is 7.45. The molecule has 0 radical (unpaired) electrons. The summed E-state index contributed by atoms with van der Waals surface area (Å²) in [6.45, 7) is 2.16. The molecule has 5 nitrogen and oxygen atoms in total. The monoisotopic (exact) mass is 319 g/mol. The Hall–Kier alpha value is -1.82. The highest BCUT2D eigenvalue weighted by Crippen LogP contribution is 2.26. The highest BCUT2D eigenvalue weighted by Gasteiger charge is 2.13. The lowest BCUT2D eigenvalue weighted by molar-refractivity contribution is 0.405. The minimum absolute atomic E-state index is 0.152. The molecule has 2 aromatic rings. The smallest absolute Gasteiger partial charge is 0.292 e. The van der Waals surface area contributed by atoms with Crippen LogP contribution in [0.5, 0.6) is 5.75 Å². The molecule has 2 rings (SSSR count). The van der Waals surface area contributed by atoms with Crippen LogP contribution in [0.4, 0.5) is 0 Å². The number of unbranched alkanes of at least 4 members (excludes halogenated alkanes) is 1. The topological polar surface area (TPSA) is 57.0 Å². The van der Waals surface area contributed by atoms with Crippen LogP contribution >= 0.6 is 11.8 Å². The first-order chi connectivity index (χ1) is 10.6.